The molecule has 0 atom stereocenters. The average Bonchev–Trinajstić information content (AvgIpc) is 3.22. The number of fused-ring (bicyclic) bond motifs is 1. The lowest BCUT2D eigenvalue weighted by Crippen LogP contribution is -2.39. The molecule has 4 heterocycles. The van der Waals surface area contributed by atoms with Crippen LogP contribution in [0.3, 0.4) is 0 Å². The predicted molar refractivity (Wildman–Crippen MR) is 85.2 cm³/mol. The molecular formula is C15H13N5O3S. The van der Waals surface area contributed by atoms with Crippen LogP contribution in [0.15, 0.2) is 39.2 Å². The minimum atomic E-state index is -0.695. The number of hydrogen-bond acceptors (Lipinski definition) is 7. The van der Waals surface area contributed by atoms with E-state index in [2.05, 4.69) is 15.1 Å². The number of nitrogens with zero attached hydrogens (tertiary/aromatic N) is 5. The molecule has 0 saturated heterocycles. The quantitative estimate of drug-likeness (QED) is 0.702. The van der Waals surface area contributed by atoms with Gasteiger partial charge in [-0.25, -0.2) is 19.3 Å². The SMILES string of the molecule is O=C(Cn1c(-c2ncccn2)noc1=O)N1CCc2sccc2C1. The second kappa shape index (κ2) is 6.00. The number of carbonyl (C=O) groups excluding carboxylic acids is 1. The number of rotatable bonds is 3. The first-order valence-electron chi connectivity index (χ1n) is 7.39. The van der Waals surface area contributed by atoms with Gasteiger partial charge in [-0.3, -0.25) is 9.32 Å². The highest BCUT2D eigenvalue weighted by atomic mass is 32.1. The smallest absolute Gasteiger partial charge is 0.336 e. The van der Waals surface area contributed by atoms with E-state index in [4.69, 9.17) is 4.52 Å². The van der Waals surface area contributed by atoms with Crippen LogP contribution >= 0.6 is 11.3 Å². The minimum absolute atomic E-state index is 0.143. The average molecular weight is 343 g/mol. The molecule has 1 aliphatic rings. The number of hydrogen-bond donors (Lipinski definition) is 0. The van der Waals surface area contributed by atoms with Crippen LogP contribution in [-0.4, -0.2) is 37.0 Å². The van der Waals surface area contributed by atoms with Crippen molar-refractivity contribution in [3.63, 3.8) is 0 Å². The zero-order valence-electron chi connectivity index (χ0n) is 12.6. The first-order valence-corrected chi connectivity index (χ1v) is 8.27. The van der Waals surface area contributed by atoms with Crippen LogP contribution in [-0.2, 0) is 24.3 Å². The molecule has 0 saturated carbocycles. The fraction of sp³-hybridized carbons (Fsp3) is 0.267. The lowest BCUT2D eigenvalue weighted by molar-refractivity contribution is -0.132. The van der Waals surface area contributed by atoms with Crippen molar-refractivity contribution in [2.45, 2.75) is 19.5 Å². The molecule has 1 amide bonds. The topological polar surface area (TPSA) is 94.1 Å². The molecule has 8 nitrogen and oxygen atoms in total. The van der Waals surface area contributed by atoms with Crippen LogP contribution in [0, 0.1) is 0 Å². The maximum Gasteiger partial charge on any atom is 0.442 e. The van der Waals surface area contributed by atoms with Crippen molar-refractivity contribution in [1.82, 2.24) is 24.6 Å². The van der Waals surface area contributed by atoms with Gasteiger partial charge in [-0.15, -0.1) is 11.3 Å². The van der Waals surface area contributed by atoms with Crippen LogP contribution in [0.4, 0.5) is 0 Å². The molecule has 0 aromatic carbocycles. The van der Waals surface area contributed by atoms with E-state index in [1.54, 1.807) is 22.3 Å². The Morgan fingerprint density at radius 1 is 1.33 bits per heavy atom. The summed E-state index contributed by atoms with van der Waals surface area (Å²) in [6, 6.07) is 3.69. The molecule has 0 unspecified atom stereocenters. The highest BCUT2D eigenvalue weighted by molar-refractivity contribution is 7.10. The highest BCUT2D eigenvalue weighted by Crippen LogP contribution is 2.24. The molecule has 24 heavy (non-hydrogen) atoms. The minimum Gasteiger partial charge on any atom is -0.336 e. The number of carbonyl (C=O) groups is 1. The molecule has 0 N–H and O–H groups in total. The number of aromatic nitrogens is 4. The summed E-state index contributed by atoms with van der Waals surface area (Å²) in [7, 11) is 0. The van der Waals surface area contributed by atoms with Gasteiger partial charge in [0.2, 0.25) is 11.7 Å². The zero-order chi connectivity index (χ0) is 16.5. The van der Waals surface area contributed by atoms with E-state index in [9.17, 15) is 9.59 Å². The van der Waals surface area contributed by atoms with Gasteiger partial charge in [0.25, 0.3) is 0 Å². The Morgan fingerprint density at radius 2 is 2.17 bits per heavy atom. The second-order valence-electron chi connectivity index (χ2n) is 5.36. The van der Waals surface area contributed by atoms with Gasteiger partial charge < -0.3 is 4.90 Å². The first-order chi connectivity index (χ1) is 11.7. The van der Waals surface area contributed by atoms with Gasteiger partial charge >= 0.3 is 5.76 Å². The Kier molecular flexibility index (Phi) is 3.69. The van der Waals surface area contributed by atoms with Crippen molar-refractivity contribution in [2.24, 2.45) is 0 Å². The Labute approximate surface area is 140 Å². The summed E-state index contributed by atoms with van der Waals surface area (Å²) in [6.45, 7) is 1.06. The Morgan fingerprint density at radius 3 is 3.00 bits per heavy atom. The zero-order valence-corrected chi connectivity index (χ0v) is 13.4. The van der Waals surface area contributed by atoms with Crippen LogP contribution in [0.25, 0.3) is 11.6 Å². The van der Waals surface area contributed by atoms with E-state index in [-0.39, 0.29) is 24.1 Å². The van der Waals surface area contributed by atoms with Gasteiger partial charge in [0, 0.05) is 30.4 Å². The summed E-state index contributed by atoms with van der Waals surface area (Å²) >= 11 is 1.71. The van der Waals surface area contributed by atoms with E-state index < -0.39 is 5.76 Å². The molecular weight excluding hydrogens is 330 g/mol. The van der Waals surface area contributed by atoms with Gasteiger partial charge in [-0.05, 0) is 29.5 Å². The Balaban J connectivity index is 1.57. The first kappa shape index (κ1) is 14.8. The van der Waals surface area contributed by atoms with E-state index in [1.807, 2.05) is 11.4 Å². The molecule has 0 spiro atoms. The maximum absolute atomic E-state index is 12.6. The van der Waals surface area contributed by atoms with Crippen LogP contribution in [0.2, 0.25) is 0 Å². The summed E-state index contributed by atoms with van der Waals surface area (Å²) < 4.78 is 5.86. The monoisotopic (exact) mass is 343 g/mol. The van der Waals surface area contributed by atoms with Gasteiger partial charge in [-0.2, -0.15) is 0 Å². The van der Waals surface area contributed by atoms with Crippen molar-refractivity contribution >= 4 is 17.2 Å². The second-order valence-corrected chi connectivity index (χ2v) is 6.37. The molecule has 0 fully saturated rings. The third-order valence-electron chi connectivity index (χ3n) is 3.91. The summed E-state index contributed by atoms with van der Waals surface area (Å²) in [4.78, 5) is 35.6. The van der Waals surface area contributed by atoms with E-state index >= 15 is 0 Å². The number of thiophene rings is 1. The standard InChI is InChI=1S/C15H13N5O3S/c21-12(19-6-2-11-10(8-19)3-7-24-11)9-20-14(18-23-15(20)22)13-16-4-1-5-17-13/h1,3-5,7H,2,6,8-9H2. The Bertz CT molecular complexity index is 930. The highest BCUT2D eigenvalue weighted by Gasteiger charge is 2.24. The van der Waals surface area contributed by atoms with E-state index in [0.29, 0.717) is 13.1 Å². The fourth-order valence-electron chi connectivity index (χ4n) is 2.68. The third kappa shape index (κ3) is 2.62. The van der Waals surface area contributed by atoms with Crippen molar-refractivity contribution < 1.29 is 9.32 Å². The van der Waals surface area contributed by atoms with Crippen molar-refractivity contribution in [1.29, 1.82) is 0 Å². The lowest BCUT2D eigenvalue weighted by Gasteiger charge is -2.27. The van der Waals surface area contributed by atoms with E-state index in [0.717, 1.165) is 6.42 Å². The molecule has 3 aromatic heterocycles. The van der Waals surface area contributed by atoms with Gasteiger partial charge in [-0.1, -0.05) is 5.16 Å². The molecule has 0 bridgehead atoms. The lowest BCUT2D eigenvalue weighted by atomic mass is 10.1. The molecule has 4 rings (SSSR count). The van der Waals surface area contributed by atoms with Gasteiger partial charge in [0.15, 0.2) is 5.82 Å². The molecule has 122 valence electrons. The van der Waals surface area contributed by atoms with Crippen LogP contribution in [0.1, 0.15) is 10.4 Å². The molecule has 1 aliphatic heterocycles. The number of amides is 1. The Hall–Kier alpha value is -2.81. The third-order valence-corrected chi connectivity index (χ3v) is 4.93. The van der Waals surface area contributed by atoms with Crippen LogP contribution in [0.5, 0.6) is 0 Å². The fourth-order valence-corrected chi connectivity index (χ4v) is 3.57. The molecule has 0 radical (unpaired) electrons. The maximum atomic E-state index is 12.6. The largest absolute Gasteiger partial charge is 0.442 e. The summed E-state index contributed by atoms with van der Waals surface area (Å²) in [5.41, 5.74) is 1.17. The summed E-state index contributed by atoms with van der Waals surface area (Å²) in [5, 5.41) is 5.73. The summed E-state index contributed by atoms with van der Waals surface area (Å²) in [5.74, 6) is -0.453. The van der Waals surface area contributed by atoms with Crippen molar-refractivity contribution in [2.75, 3.05) is 6.54 Å². The summed E-state index contributed by atoms with van der Waals surface area (Å²) in [6.07, 6.45) is 3.92. The molecule has 9 heteroatoms. The van der Waals surface area contributed by atoms with E-state index in [1.165, 1.54) is 27.4 Å². The van der Waals surface area contributed by atoms with Crippen LogP contribution < -0.4 is 5.76 Å². The molecule has 3 aromatic rings. The van der Waals surface area contributed by atoms with Crippen molar-refractivity contribution in [3.05, 3.63) is 50.9 Å². The predicted octanol–water partition coefficient (Wildman–Crippen LogP) is 0.940. The normalized spacial score (nSPS) is 13.8. The van der Waals surface area contributed by atoms with Gasteiger partial charge in [0.05, 0.1) is 0 Å². The van der Waals surface area contributed by atoms with Gasteiger partial charge in [0.1, 0.15) is 6.54 Å². The molecule has 0 aliphatic carbocycles. The van der Waals surface area contributed by atoms with Crippen molar-refractivity contribution in [3.8, 4) is 11.6 Å².